The Bertz CT molecular complexity index is 393. The lowest BCUT2D eigenvalue weighted by molar-refractivity contribution is 0.212. The van der Waals surface area contributed by atoms with Crippen molar-refractivity contribution in [3.63, 3.8) is 0 Å². The Morgan fingerprint density at radius 1 is 1.24 bits per heavy atom. The number of rotatable bonds is 8. The van der Waals surface area contributed by atoms with Crippen LogP contribution in [-0.2, 0) is 13.5 Å². The topological polar surface area (TPSA) is 42.7 Å². The van der Waals surface area contributed by atoms with Crippen LogP contribution < -0.4 is 5.32 Å². The number of hydrogen-bond donors (Lipinski definition) is 1. The van der Waals surface area contributed by atoms with E-state index in [0.29, 0.717) is 6.04 Å². The van der Waals surface area contributed by atoms with Gasteiger partial charge in [0.05, 0.1) is 5.69 Å². The minimum absolute atomic E-state index is 0.573. The summed E-state index contributed by atoms with van der Waals surface area (Å²) < 4.78 is 1.81. The van der Waals surface area contributed by atoms with E-state index >= 15 is 0 Å². The predicted molar refractivity (Wildman–Crippen MR) is 87.1 cm³/mol. The molecule has 1 aliphatic rings. The van der Waals surface area contributed by atoms with Crippen LogP contribution in [-0.4, -0.2) is 27.6 Å². The molecule has 1 saturated carbocycles. The van der Waals surface area contributed by atoms with Gasteiger partial charge in [0.15, 0.2) is 0 Å². The standard InChI is InChI=1S/C17H32N4/c1-4-6-14-7-9-15(10-8-14)17(18-11-5-2)12-16-13-21(3)20-19-16/h13-15,17-18H,4-12H2,1-3H3. The van der Waals surface area contributed by atoms with E-state index in [1.807, 2.05) is 11.7 Å². The Morgan fingerprint density at radius 2 is 2.00 bits per heavy atom. The minimum atomic E-state index is 0.573. The summed E-state index contributed by atoms with van der Waals surface area (Å²) in [6, 6.07) is 0.573. The molecule has 1 fully saturated rings. The molecule has 0 aliphatic heterocycles. The van der Waals surface area contributed by atoms with Gasteiger partial charge < -0.3 is 5.32 Å². The molecule has 120 valence electrons. The van der Waals surface area contributed by atoms with Gasteiger partial charge in [0.25, 0.3) is 0 Å². The minimum Gasteiger partial charge on any atom is -0.313 e. The molecule has 1 aromatic rings. The molecule has 1 atom stereocenters. The fourth-order valence-corrected chi connectivity index (χ4v) is 3.74. The normalized spacial score (nSPS) is 24.1. The average Bonchev–Trinajstić information content (AvgIpc) is 2.90. The lowest BCUT2D eigenvalue weighted by Gasteiger charge is -2.34. The largest absolute Gasteiger partial charge is 0.313 e. The van der Waals surface area contributed by atoms with Crippen LogP contribution in [0.2, 0.25) is 0 Å². The molecule has 0 radical (unpaired) electrons. The van der Waals surface area contributed by atoms with Gasteiger partial charge in [0, 0.05) is 25.7 Å². The smallest absolute Gasteiger partial charge is 0.0842 e. The van der Waals surface area contributed by atoms with E-state index in [0.717, 1.165) is 30.5 Å². The highest BCUT2D eigenvalue weighted by atomic mass is 15.4. The van der Waals surface area contributed by atoms with E-state index in [1.165, 1.54) is 44.9 Å². The van der Waals surface area contributed by atoms with Crippen molar-refractivity contribution >= 4 is 0 Å². The highest BCUT2D eigenvalue weighted by Crippen LogP contribution is 2.34. The van der Waals surface area contributed by atoms with Gasteiger partial charge in [0.2, 0.25) is 0 Å². The molecule has 0 amide bonds. The Morgan fingerprint density at radius 3 is 2.57 bits per heavy atom. The first-order valence-corrected chi connectivity index (χ1v) is 8.81. The Kier molecular flexibility index (Phi) is 6.68. The molecule has 4 heteroatoms. The number of nitrogens with zero attached hydrogens (tertiary/aromatic N) is 3. The second kappa shape index (κ2) is 8.52. The number of aromatic nitrogens is 3. The van der Waals surface area contributed by atoms with Gasteiger partial charge in [-0.15, -0.1) is 5.10 Å². The number of aryl methyl sites for hydroxylation is 1. The van der Waals surface area contributed by atoms with Crippen molar-refractivity contribution < 1.29 is 0 Å². The molecule has 0 spiro atoms. The third-order valence-electron chi connectivity index (χ3n) is 4.89. The van der Waals surface area contributed by atoms with Crippen LogP contribution in [0.1, 0.15) is 64.5 Å². The quantitative estimate of drug-likeness (QED) is 0.799. The third kappa shape index (κ3) is 5.10. The summed E-state index contributed by atoms with van der Waals surface area (Å²) in [6.45, 7) is 5.66. The average molecular weight is 292 g/mol. The fraction of sp³-hybridized carbons (Fsp3) is 0.882. The zero-order chi connectivity index (χ0) is 15.1. The second-order valence-corrected chi connectivity index (χ2v) is 6.72. The fourth-order valence-electron chi connectivity index (χ4n) is 3.74. The van der Waals surface area contributed by atoms with E-state index in [9.17, 15) is 0 Å². The summed E-state index contributed by atoms with van der Waals surface area (Å²) >= 11 is 0. The van der Waals surface area contributed by atoms with Crippen molar-refractivity contribution in [1.82, 2.24) is 20.3 Å². The first kappa shape index (κ1) is 16.5. The lowest BCUT2D eigenvalue weighted by atomic mass is 9.76. The number of nitrogens with one attached hydrogen (secondary N) is 1. The third-order valence-corrected chi connectivity index (χ3v) is 4.89. The Labute approximate surface area is 129 Å². The summed E-state index contributed by atoms with van der Waals surface area (Å²) in [5.74, 6) is 1.79. The molecule has 0 saturated heterocycles. The van der Waals surface area contributed by atoms with E-state index in [1.54, 1.807) is 0 Å². The van der Waals surface area contributed by atoms with Crippen molar-refractivity contribution in [1.29, 1.82) is 0 Å². The van der Waals surface area contributed by atoms with Crippen molar-refractivity contribution in [2.45, 2.75) is 71.3 Å². The van der Waals surface area contributed by atoms with Crippen LogP contribution >= 0.6 is 0 Å². The molecule has 1 N–H and O–H groups in total. The molecular weight excluding hydrogens is 260 g/mol. The molecular formula is C17H32N4. The van der Waals surface area contributed by atoms with Gasteiger partial charge in [-0.05, 0) is 37.6 Å². The molecule has 0 bridgehead atoms. The van der Waals surface area contributed by atoms with Crippen LogP contribution in [0.5, 0.6) is 0 Å². The van der Waals surface area contributed by atoms with Gasteiger partial charge >= 0.3 is 0 Å². The Balaban J connectivity index is 1.90. The van der Waals surface area contributed by atoms with Crippen molar-refractivity contribution in [3.05, 3.63) is 11.9 Å². The highest BCUT2D eigenvalue weighted by molar-refractivity contribution is 4.98. The molecule has 1 heterocycles. The number of hydrogen-bond acceptors (Lipinski definition) is 3. The van der Waals surface area contributed by atoms with E-state index in [4.69, 9.17) is 0 Å². The highest BCUT2D eigenvalue weighted by Gasteiger charge is 2.27. The SMILES string of the molecule is CCCNC(Cc1cn(C)nn1)C1CCC(CCC)CC1. The molecule has 21 heavy (non-hydrogen) atoms. The first-order valence-electron chi connectivity index (χ1n) is 8.81. The predicted octanol–water partition coefficient (Wildman–Crippen LogP) is 3.33. The summed E-state index contributed by atoms with van der Waals surface area (Å²) in [6.07, 6.45) is 12.6. The Hall–Kier alpha value is -0.900. The maximum atomic E-state index is 4.28. The maximum Gasteiger partial charge on any atom is 0.0842 e. The summed E-state index contributed by atoms with van der Waals surface area (Å²) in [5.41, 5.74) is 1.13. The van der Waals surface area contributed by atoms with Crippen LogP contribution in [0.4, 0.5) is 0 Å². The van der Waals surface area contributed by atoms with E-state index in [2.05, 4.69) is 35.7 Å². The van der Waals surface area contributed by atoms with Crippen LogP contribution in [0.25, 0.3) is 0 Å². The second-order valence-electron chi connectivity index (χ2n) is 6.72. The molecule has 4 nitrogen and oxygen atoms in total. The van der Waals surface area contributed by atoms with E-state index < -0.39 is 0 Å². The lowest BCUT2D eigenvalue weighted by Crippen LogP contribution is -2.40. The van der Waals surface area contributed by atoms with Gasteiger partial charge in [-0.2, -0.15) is 0 Å². The van der Waals surface area contributed by atoms with Crippen molar-refractivity contribution in [3.8, 4) is 0 Å². The van der Waals surface area contributed by atoms with E-state index in [-0.39, 0.29) is 0 Å². The summed E-state index contributed by atoms with van der Waals surface area (Å²) in [5, 5.41) is 12.1. The van der Waals surface area contributed by atoms with Gasteiger partial charge in [-0.25, -0.2) is 0 Å². The van der Waals surface area contributed by atoms with Gasteiger partial charge in [-0.1, -0.05) is 44.7 Å². The van der Waals surface area contributed by atoms with Gasteiger partial charge in [0.1, 0.15) is 0 Å². The molecule has 1 aromatic heterocycles. The summed E-state index contributed by atoms with van der Waals surface area (Å²) in [4.78, 5) is 0. The zero-order valence-electron chi connectivity index (χ0n) is 14.0. The van der Waals surface area contributed by atoms with Crippen LogP contribution in [0.15, 0.2) is 6.20 Å². The summed E-state index contributed by atoms with van der Waals surface area (Å²) in [7, 11) is 1.95. The molecule has 1 unspecified atom stereocenters. The van der Waals surface area contributed by atoms with Crippen LogP contribution in [0, 0.1) is 11.8 Å². The van der Waals surface area contributed by atoms with Crippen LogP contribution in [0.3, 0.4) is 0 Å². The maximum absolute atomic E-state index is 4.28. The molecule has 1 aliphatic carbocycles. The molecule has 0 aromatic carbocycles. The van der Waals surface area contributed by atoms with Crippen molar-refractivity contribution in [2.24, 2.45) is 18.9 Å². The van der Waals surface area contributed by atoms with Gasteiger partial charge in [-0.3, -0.25) is 4.68 Å². The first-order chi connectivity index (χ1) is 10.2. The monoisotopic (exact) mass is 292 g/mol. The van der Waals surface area contributed by atoms with Crippen molar-refractivity contribution in [2.75, 3.05) is 6.54 Å². The molecule has 2 rings (SSSR count). The zero-order valence-corrected chi connectivity index (χ0v) is 14.0.